The highest BCUT2D eigenvalue weighted by Crippen LogP contribution is 2.29. The molecule has 3 N–H and O–H groups in total. The fourth-order valence-electron chi connectivity index (χ4n) is 3.82. The number of carbonyl (C=O) groups excluding carboxylic acids is 1. The summed E-state index contributed by atoms with van der Waals surface area (Å²) in [4.78, 5) is 26.0. The number of hydrogen-bond donors (Lipinski definition) is 3. The van der Waals surface area contributed by atoms with Gasteiger partial charge in [0.15, 0.2) is 12.4 Å². The SMILES string of the molecule is CC(C)(C)NC(=O)COc1cccc(-c2nc(Nc3ccc(-c4cn[nH]c4)cc3)c3cnccc3n2)c1. The van der Waals surface area contributed by atoms with Gasteiger partial charge in [0, 0.05) is 40.9 Å². The monoisotopic (exact) mass is 493 g/mol. The van der Waals surface area contributed by atoms with Crippen LogP contribution in [0.15, 0.2) is 79.4 Å². The third-order valence-corrected chi connectivity index (χ3v) is 5.45. The summed E-state index contributed by atoms with van der Waals surface area (Å²) < 4.78 is 5.73. The summed E-state index contributed by atoms with van der Waals surface area (Å²) >= 11 is 0. The molecule has 0 saturated heterocycles. The van der Waals surface area contributed by atoms with Crippen molar-refractivity contribution in [3.63, 3.8) is 0 Å². The second-order valence-electron chi connectivity index (χ2n) is 9.59. The standard InChI is InChI=1S/C28H27N7O2/c1-28(2,3)35-25(36)17-37-22-6-4-5-19(13-22)26-33-24-11-12-29-16-23(24)27(34-26)32-21-9-7-18(8-10-21)20-14-30-31-15-20/h4-16H,17H2,1-3H3,(H,30,31)(H,35,36)(H,32,33,34). The van der Waals surface area contributed by atoms with Gasteiger partial charge in [-0.25, -0.2) is 9.97 Å². The quantitative estimate of drug-likeness (QED) is 0.288. The number of rotatable bonds is 7. The van der Waals surface area contributed by atoms with E-state index in [9.17, 15) is 4.79 Å². The van der Waals surface area contributed by atoms with Gasteiger partial charge in [-0.05, 0) is 56.7 Å². The third kappa shape index (κ3) is 5.90. The number of carbonyl (C=O) groups is 1. The molecule has 0 fully saturated rings. The number of anilines is 2. The maximum absolute atomic E-state index is 12.2. The topological polar surface area (TPSA) is 118 Å². The Bertz CT molecular complexity index is 1530. The second kappa shape index (κ2) is 10.1. The summed E-state index contributed by atoms with van der Waals surface area (Å²) in [6.45, 7) is 5.71. The van der Waals surface area contributed by atoms with Gasteiger partial charge in [0.05, 0.1) is 17.1 Å². The largest absolute Gasteiger partial charge is 0.484 e. The van der Waals surface area contributed by atoms with Gasteiger partial charge in [0.2, 0.25) is 0 Å². The molecule has 2 aromatic carbocycles. The van der Waals surface area contributed by atoms with Crippen molar-refractivity contribution in [2.75, 3.05) is 11.9 Å². The number of nitrogens with zero attached hydrogens (tertiary/aromatic N) is 4. The molecule has 9 heteroatoms. The van der Waals surface area contributed by atoms with Crippen LogP contribution >= 0.6 is 0 Å². The van der Waals surface area contributed by atoms with E-state index in [2.05, 4.69) is 25.8 Å². The molecular formula is C28H27N7O2. The number of pyridine rings is 1. The van der Waals surface area contributed by atoms with Crippen LogP contribution in [-0.4, -0.2) is 43.2 Å². The van der Waals surface area contributed by atoms with Crippen LogP contribution in [-0.2, 0) is 4.79 Å². The fourth-order valence-corrected chi connectivity index (χ4v) is 3.82. The molecule has 1 amide bonds. The van der Waals surface area contributed by atoms with Crippen molar-refractivity contribution in [3.05, 3.63) is 79.4 Å². The predicted octanol–water partition coefficient (Wildman–Crippen LogP) is 5.12. The summed E-state index contributed by atoms with van der Waals surface area (Å²) in [7, 11) is 0. The van der Waals surface area contributed by atoms with Gasteiger partial charge in [-0.2, -0.15) is 5.10 Å². The van der Waals surface area contributed by atoms with Crippen molar-refractivity contribution in [1.29, 1.82) is 0 Å². The lowest BCUT2D eigenvalue weighted by molar-refractivity contribution is -0.124. The molecule has 5 aromatic rings. The van der Waals surface area contributed by atoms with Crippen LogP contribution in [0.2, 0.25) is 0 Å². The normalized spacial score (nSPS) is 11.3. The third-order valence-electron chi connectivity index (χ3n) is 5.45. The first-order valence-corrected chi connectivity index (χ1v) is 11.9. The number of amides is 1. The van der Waals surface area contributed by atoms with Gasteiger partial charge in [0.1, 0.15) is 11.6 Å². The molecular weight excluding hydrogens is 466 g/mol. The Morgan fingerprint density at radius 3 is 2.57 bits per heavy atom. The molecule has 0 bridgehead atoms. The highest BCUT2D eigenvalue weighted by Gasteiger charge is 2.15. The molecule has 5 rings (SSSR count). The van der Waals surface area contributed by atoms with Gasteiger partial charge in [-0.15, -0.1) is 0 Å². The maximum atomic E-state index is 12.2. The molecule has 0 saturated carbocycles. The molecule has 0 aliphatic heterocycles. The number of aromatic amines is 1. The summed E-state index contributed by atoms with van der Waals surface area (Å²) in [6, 6.07) is 17.3. The maximum Gasteiger partial charge on any atom is 0.258 e. The van der Waals surface area contributed by atoms with Crippen molar-refractivity contribution >= 4 is 28.3 Å². The smallest absolute Gasteiger partial charge is 0.258 e. The summed E-state index contributed by atoms with van der Waals surface area (Å²) in [5.74, 6) is 1.54. The van der Waals surface area contributed by atoms with Crippen LogP contribution in [0.5, 0.6) is 5.75 Å². The lowest BCUT2D eigenvalue weighted by Gasteiger charge is -2.20. The summed E-state index contributed by atoms with van der Waals surface area (Å²) in [5.41, 5.74) is 4.16. The Labute approximate surface area is 214 Å². The first kappa shape index (κ1) is 23.9. The van der Waals surface area contributed by atoms with E-state index < -0.39 is 0 Å². The van der Waals surface area contributed by atoms with Crippen molar-refractivity contribution in [1.82, 2.24) is 30.5 Å². The Kier molecular flexibility index (Phi) is 6.51. The Balaban J connectivity index is 1.41. The highest BCUT2D eigenvalue weighted by atomic mass is 16.5. The van der Waals surface area contributed by atoms with Crippen molar-refractivity contribution in [3.8, 4) is 28.3 Å². The van der Waals surface area contributed by atoms with Gasteiger partial charge < -0.3 is 15.4 Å². The number of aromatic nitrogens is 5. The lowest BCUT2D eigenvalue weighted by atomic mass is 10.1. The predicted molar refractivity (Wildman–Crippen MR) is 143 cm³/mol. The average molecular weight is 494 g/mol. The molecule has 0 atom stereocenters. The minimum atomic E-state index is -0.320. The van der Waals surface area contributed by atoms with Gasteiger partial charge >= 0.3 is 0 Å². The average Bonchev–Trinajstić information content (AvgIpc) is 3.42. The van der Waals surface area contributed by atoms with Crippen molar-refractivity contribution < 1.29 is 9.53 Å². The van der Waals surface area contributed by atoms with E-state index in [-0.39, 0.29) is 18.1 Å². The molecule has 0 spiro atoms. The first-order chi connectivity index (χ1) is 17.8. The van der Waals surface area contributed by atoms with Crippen molar-refractivity contribution in [2.45, 2.75) is 26.3 Å². The first-order valence-electron chi connectivity index (χ1n) is 11.9. The zero-order chi connectivity index (χ0) is 25.8. The number of benzene rings is 2. The lowest BCUT2D eigenvalue weighted by Crippen LogP contribution is -2.43. The van der Waals surface area contributed by atoms with Crippen LogP contribution in [0.3, 0.4) is 0 Å². The van der Waals surface area contributed by atoms with Crippen LogP contribution < -0.4 is 15.4 Å². The summed E-state index contributed by atoms with van der Waals surface area (Å²) in [5, 5.41) is 13.9. The number of fused-ring (bicyclic) bond motifs is 1. The zero-order valence-electron chi connectivity index (χ0n) is 20.8. The van der Waals surface area contributed by atoms with Crippen LogP contribution in [0.1, 0.15) is 20.8 Å². The van der Waals surface area contributed by atoms with E-state index in [4.69, 9.17) is 14.7 Å². The highest BCUT2D eigenvalue weighted by molar-refractivity contribution is 5.91. The molecule has 0 radical (unpaired) electrons. The molecule has 3 heterocycles. The molecule has 0 aliphatic carbocycles. The van der Waals surface area contributed by atoms with Crippen LogP contribution in [0, 0.1) is 0 Å². The molecule has 37 heavy (non-hydrogen) atoms. The van der Waals surface area contributed by atoms with Crippen LogP contribution in [0.4, 0.5) is 11.5 Å². The Morgan fingerprint density at radius 1 is 0.973 bits per heavy atom. The van der Waals surface area contributed by atoms with Crippen LogP contribution in [0.25, 0.3) is 33.4 Å². The minimum absolute atomic E-state index is 0.0768. The van der Waals surface area contributed by atoms with E-state index >= 15 is 0 Å². The fraction of sp³-hybridized carbons (Fsp3) is 0.179. The van der Waals surface area contributed by atoms with E-state index in [1.165, 1.54) is 0 Å². The Morgan fingerprint density at radius 2 is 1.81 bits per heavy atom. The van der Waals surface area contributed by atoms with Crippen molar-refractivity contribution in [2.24, 2.45) is 0 Å². The number of hydrogen-bond acceptors (Lipinski definition) is 7. The molecule has 0 aliphatic rings. The number of nitrogens with one attached hydrogen (secondary N) is 3. The van der Waals surface area contributed by atoms with Gasteiger partial charge in [-0.3, -0.25) is 14.9 Å². The second-order valence-corrected chi connectivity index (χ2v) is 9.59. The number of ether oxygens (including phenoxy) is 1. The summed E-state index contributed by atoms with van der Waals surface area (Å²) in [6.07, 6.45) is 7.09. The minimum Gasteiger partial charge on any atom is -0.484 e. The molecule has 9 nitrogen and oxygen atoms in total. The Hall–Kier alpha value is -4.79. The van der Waals surface area contributed by atoms with E-state index in [1.807, 2.05) is 75.5 Å². The zero-order valence-corrected chi connectivity index (χ0v) is 20.8. The number of H-pyrrole nitrogens is 1. The molecule has 186 valence electrons. The molecule has 0 unspecified atom stereocenters. The van der Waals surface area contributed by atoms with E-state index in [0.717, 1.165) is 33.3 Å². The molecule has 3 aromatic heterocycles. The van der Waals surface area contributed by atoms with E-state index in [0.29, 0.717) is 17.4 Å². The van der Waals surface area contributed by atoms with E-state index in [1.54, 1.807) is 24.7 Å². The van der Waals surface area contributed by atoms with Gasteiger partial charge in [-0.1, -0.05) is 24.3 Å². The van der Waals surface area contributed by atoms with Gasteiger partial charge in [0.25, 0.3) is 5.91 Å².